The van der Waals surface area contributed by atoms with Crippen LogP contribution in [0.15, 0.2) is 143 Å². The summed E-state index contributed by atoms with van der Waals surface area (Å²) in [6, 6.07) is 26.7. The van der Waals surface area contributed by atoms with Crippen LogP contribution >= 0.6 is 0 Å². The summed E-state index contributed by atoms with van der Waals surface area (Å²) in [5, 5.41) is 14.1. The maximum absolute atomic E-state index is 14.1. The average Bonchev–Trinajstić information content (AvgIpc) is 3.33. The molecule has 2 unspecified atom stereocenters. The zero-order chi connectivity index (χ0) is 45.8. The fourth-order valence-corrected chi connectivity index (χ4v) is 7.46. The van der Waals surface area contributed by atoms with E-state index in [1.165, 1.54) is 19.8 Å². The van der Waals surface area contributed by atoms with Crippen molar-refractivity contribution in [2.24, 2.45) is 10.4 Å². The van der Waals surface area contributed by atoms with Crippen LogP contribution in [-0.2, 0) is 9.47 Å². The minimum Gasteiger partial charge on any atom is -0.496 e. The Morgan fingerprint density at radius 2 is 1.28 bits per heavy atom. The van der Waals surface area contributed by atoms with Gasteiger partial charge in [-0.1, -0.05) is 83.2 Å². The number of anilines is 2. The molecule has 2 amide bonds. The topological polar surface area (TPSA) is 163 Å². The molecule has 0 aromatic heterocycles. The molecule has 2 aliphatic carbocycles. The number of ether oxygens (including phenoxy) is 5. The van der Waals surface area contributed by atoms with Gasteiger partial charge in [-0.15, -0.1) is 9.81 Å². The van der Waals surface area contributed by atoms with E-state index in [-0.39, 0.29) is 11.5 Å². The molecule has 0 bridgehead atoms. The number of hydrogen-bond donors (Lipinski definition) is 2. The SMILES string of the molecule is COC.COC.COc1cc(NC(=O)c2cc3cc(C(=O)Nc4ccc(C(N=O)c5ccccc5)c(OC)c4)ccc3cc2OCC2=CCCCC2)ccc1C(N=O)C1=CC=CCC1. The maximum Gasteiger partial charge on any atom is 0.259 e. The summed E-state index contributed by atoms with van der Waals surface area (Å²) in [5.74, 6) is 0.441. The normalized spacial score (nSPS) is 13.8. The zero-order valence-corrected chi connectivity index (χ0v) is 37.2. The number of rotatable bonds is 15. The molecule has 0 heterocycles. The van der Waals surface area contributed by atoms with Crippen molar-refractivity contribution < 1.29 is 33.3 Å². The van der Waals surface area contributed by atoms with Gasteiger partial charge >= 0.3 is 0 Å². The van der Waals surface area contributed by atoms with Crippen molar-refractivity contribution in [3.05, 3.63) is 170 Å². The molecule has 13 heteroatoms. The highest BCUT2D eigenvalue weighted by molar-refractivity contribution is 6.10. The van der Waals surface area contributed by atoms with E-state index in [1.54, 1.807) is 83.0 Å². The molecular formula is C51H56N4O9. The Morgan fingerprint density at radius 3 is 1.86 bits per heavy atom. The Hall–Kier alpha value is -6.96. The van der Waals surface area contributed by atoms with E-state index >= 15 is 0 Å². The highest BCUT2D eigenvalue weighted by atomic mass is 16.5. The Bertz CT molecular complexity index is 2480. The number of fused-ring (bicyclic) bond motifs is 1. The van der Waals surface area contributed by atoms with Crippen molar-refractivity contribution in [2.75, 3.05) is 59.9 Å². The maximum atomic E-state index is 14.1. The number of carbonyl (C=O) groups excluding carboxylic acids is 2. The number of nitrogens with zero attached hydrogens (tertiary/aromatic N) is 2. The van der Waals surface area contributed by atoms with Crippen LogP contribution in [0.25, 0.3) is 10.8 Å². The lowest BCUT2D eigenvalue weighted by molar-refractivity contribution is 0.101. The number of amides is 2. The summed E-state index contributed by atoms with van der Waals surface area (Å²) in [5.41, 5.74) is 5.57. The van der Waals surface area contributed by atoms with Crippen molar-refractivity contribution in [1.29, 1.82) is 0 Å². The van der Waals surface area contributed by atoms with E-state index in [0.29, 0.717) is 57.3 Å². The number of hydrogen-bond acceptors (Lipinski definition) is 11. The predicted octanol–water partition coefficient (Wildman–Crippen LogP) is 11.7. The smallest absolute Gasteiger partial charge is 0.259 e. The summed E-state index contributed by atoms with van der Waals surface area (Å²) in [7, 11) is 9.52. The van der Waals surface area contributed by atoms with Gasteiger partial charge in [0.2, 0.25) is 0 Å². The van der Waals surface area contributed by atoms with Gasteiger partial charge in [0.1, 0.15) is 35.9 Å². The van der Waals surface area contributed by atoms with E-state index in [4.69, 9.17) is 14.2 Å². The summed E-state index contributed by atoms with van der Waals surface area (Å²) in [6.07, 6.45) is 13.8. The largest absolute Gasteiger partial charge is 0.496 e. The Balaban J connectivity index is 0.00000122. The molecule has 0 radical (unpaired) electrons. The molecule has 7 rings (SSSR count). The van der Waals surface area contributed by atoms with Crippen LogP contribution in [0.3, 0.4) is 0 Å². The van der Waals surface area contributed by atoms with Gasteiger partial charge in [-0.05, 0) is 102 Å². The first kappa shape index (κ1) is 48.1. The molecule has 0 saturated carbocycles. The Labute approximate surface area is 374 Å². The molecule has 13 nitrogen and oxygen atoms in total. The van der Waals surface area contributed by atoms with Crippen LogP contribution in [0.1, 0.15) is 88.0 Å². The third-order valence-corrected chi connectivity index (χ3v) is 10.5. The molecule has 2 N–H and O–H groups in total. The quantitative estimate of drug-likeness (QED) is 0.0770. The van der Waals surface area contributed by atoms with Crippen molar-refractivity contribution in [3.8, 4) is 17.2 Å². The van der Waals surface area contributed by atoms with E-state index in [2.05, 4.69) is 36.5 Å². The third kappa shape index (κ3) is 12.6. The van der Waals surface area contributed by atoms with Gasteiger partial charge in [-0.3, -0.25) is 9.59 Å². The zero-order valence-electron chi connectivity index (χ0n) is 37.2. The number of nitroso groups, excluding NO2 is 2. The predicted molar refractivity (Wildman–Crippen MR) is 253 cm³/mol. The number of allylic oxidation sites excluding steroid dienone is 4. The second kappa shape index (κ2) is 24.6. The van der Waals surface area contributed by atoms with Gasteiger partial charge in [0.15, 0.2) is 0 Å². The highest BCUT2D eigenvalue weighted by Gasteiger charge is 2.24. The molecule has 2 atom stereocenters. The molecule has 64 heavy (non-hydrogen) atoms. The van der Waals surface area contributed by atoms with Crippen LogP contribution in [-0.4, -0.2) is 61.1 Å². The second-order valence-electron chi connectivity index (χ2n) is 15.1. The highest BCUT2D eigenvalue weighted by Crippen LogP contribution is 2.39. The standard InChI is InChI=1S/C47H44N4O7.2C2H6O/c1-56-41-27-36(20-22-38(41)44(50-54)31-14-8-4-9-15-31)48-46(52)34-19-18-33-26-43(58-29-30-12-6-3-7-13-30)40(25-35(33)24-34)47(53)49-37-21-23-39(42(28-37)57-2)45(51-55)32-16-10-5-11-17-32;2*1-3-2/h4-5,8-10,12,14-16,18-28,44-45H,3,6-7,11,13,17,29H2,1-2H3,(H,48,52)(H,49,53);2*1-2H3. The molecule has 0 fully saturated rings. The number of methoxy groups -OCH3 is 4. The molecule has 2 aliphatic rings. The van der Waals surface area contributed by atoms with E-state index in [9.17, 15) is 19.4 Å². The first-order valence-electron chi connectivity index (χ1n) is 20.9. The second-order valence-corrected chi connectivity index (χ2v) is 15.1. The lowest BCUT2D eigenvalue weighted by Crippen LogP contribution is -2.15. The van der Waals surface area contributed by atoms with Crippen LogP contribution in [0.4, 0.5) is 11.4 Å². The summed E-state index contributed by atoms with van der Waals surface area (Å²) < 4.78 is 26.1. The number of carbonyl (C=O) groups is 2. The Kier molecular flexibility index (Phi) is 18.5. The van der Waals surface area contributed by atoms with Crippen molar-refractivity contribution in [3.63, 3.8) is 0 Å². The summed E-state index contributed by atoms with van der Waals surface area (Å²) in [6.45, 7) is 0.358. The lowest BCUT2D eigenvalue weighted by atomic mass is 9.92. The molecule has 0 saturated heterocycles. The van der Waals surface area contributed by atoms with E-state index in [1.807, 2.05) is 60.7 Å². The molecule has 0 aliphatic heterocycles. The average molecular weight is 869 g/mol. The monoisotopic (exact) mass is 868 g/mol. The molecule has 334 valence electrons. The van der Waals surface area contributed by atoms with Crippen molar-refractivity contribution in [1.82, 2.24) is 0 Å². The van der Waals surface area contributed by atoms with Crippen LogP contribution in [0.5, 0.6) is 17.2 Å². The van der Waals surface area contributed by atoms with Crippen molar-refractivity contribution >= 4 is 34.0 Å². The first-order valence-corrected chi connectivity index (χ1v) is 20.9. The summed E-state index contributed by atoms with van der Waals surface area (Å²) >= 11 is 0. The first-order chi connectivity index (χ1) is 31.2. The number of benzene rings is 5. The van der Waals surface area contributed by atoms with Crippen molar-refractivity contribution in [2.45, 2.75) is 50.6 Å². The van der Waals surface area contributed by atoms with Crippen LogP contribution in [0.2, 0.25) is 0 Å². The fourth-order valence-electron chi connectivity index (χ4n) is 7.46. The number of nitrogens with one attached hydrogen (secondary N) is 2. The van der Waals surface area contributed by atoms with Crippen LogP contribution in [0, 0.1) is 9.81 Å². The van der Waals surface area contributed by atoms with Gasteiger partial charge in [0, 0.05) is 68.6 Å². The third-order valence-electron chi connectivity index (χ3n) is 10.5. The molecular weight excluding hydrogens is 813 g/mol. The van der Waals surface area contributed by atoms with Gasteiger partial charge in [-0.2, -0.15) is 0 Å². The Morgan fingerprint density at radius 1 is 0.641 bits per heavy atom. The minimum atomic E-state index is -0.781. The van der Waals surface area contributed by atoms with Gasteiger partial charge in [0.25, 0.3) is 11.8 Å². The molecule has 5 aromatic carbocycles. The van der Waals surface area contributed by atoms with Crippen LogP contribution < -0.4 is 24.8 Å². The van der Waals surface area contributed by atoms with Gasteiger partial charge in [-0.25, -0.2) is 0 Å². The fraction of sp³-hybridized carbons (Fsp3) is 0.294. The van der Waals surface area contributed by atoms with E-state index < -0.39 is 18.0 Å². The summed E-state index contributed by atoms with van der Waals surface area (Å²) in [4.78, 5) is 51.7. The minimum absolute atomic E-state index is 0.285. The van der Waals surface area contributed by atoms with Gasteiger partial charge < -0.3 is 34.3 Å². The molecule has 0 spiro atoms. The molecule has 5 aromatic rings. The lowest BCUT2D eigenvalue weighted by Gasteiger charge is -2.19. The van der Waals surface area contributed by atoms with Gasteiger partial charge in [0.05, 0.1) is 19.8 Å². The van der Waals surface area contributed by atoms with E-state index in [0.717, 1.165) is 55.0 Å².